The van der Waals surface area contributed by atoms with Crippen LogP contribution in [0.3, 0.4) is 0 Å². The molecule has 0 radical (unpaired) electrons. The van der Waals surface area contributed by atoms with Crippen LogP contribution in [0.15, 0.2) is 35.0 Å². The fourth-order valence-electron chi connectivity index (χ4n) is 1.89. The lowest BCUT2D eigenvalue weighted by Crippen LogP contribution is -2.29. The Labute approximate surface area is 146 Å². The Morgan fingerprint density at radius 2 is 2.00 bits per heavy atom. The summed E-state index contributed by atoms with van der Waals surface area (Å²) in [7, 11) is 1.78. The predicted octanol–water partition coefficient (Wildman–Crippen LogP) is 2.53. The maximum atomic E-state index is 11.5. The van der Waals surface area contributed by atoms with Gasteiger partial charge in [-0.3, -0.25) is 10.4 Å². The molecule has 134 valence electrons. The second kappa shape index (κ2) is 8.49. The molecule has 1 aliphatic heterocycles. The van der Waals surface area contributed by atoms with Gasteiger partial charge in [0.25, 0.3) is 0 Å². The van der Waals surface area contributed by atoms with Crippen molar-refractivity contribution in [2.75, 3.05) is 7.05 Å². The van der Waals surface area contributed by atoms with Gasteiger partial charge in [-0.2, -0.15) is 0 Å². The third-order valence-corrected chi connectivity index (χ3v) is 2.85. The molecule has 0 fully saturated rings. The summed E-state index contributed by atoms with van der Waals surface area (Å²) in [6.45, 7) is 6.78. The first-order chi connectivity index (χ1) is 11.1. The van der Waals surface area contributed by atoms with Crippen LogP contribution in [0.1, 0.15) is 27.7 Å². The molecule has 0 saturated heterocycles. The Morgan fingerprint density at radius 3 is 2.46 bits per heavy atom. The Bertz CT molecular complexity index is 598. The first-order valence-corrected chi connectivity index (χ1v) is 7.66. The van der Waals surface area contributed by atoms with E-state index in [1.807, 2.05) is 13.0 Å². The largest absolute Gasteiger partial charge is 0.511 e. The fraction of sp³-hybridized carbons (Fsp3) is 0.467. The summed E-state index contributed by atoms with van der Waals surface area (Å²) in [6.07, 6.45) is 0.881. The number of carbonyl (C=O) groups excluding carboxylic acids is 1. The van der Waals surface area contributed by atoms with Crippen LogP contribution < -0.4 is 11.2 Å². The van der Waals surface area contributed by atoms with Crippen molar-refractivity contribution in [2.24, 2.45) is 5.73 Å². The molecular formula is C15H23ClN4O4. The monoisotopic (exact) mass is 358 g/mol. The summed E-state index contributed by atoms with van der Waals surface area (Å²) in [6, 6.07) is 0. The highest BCUT2D eigenvalue weighted by Crippen LogP contribution is 2.21. The minimum atomic E-state index is -0.984. The molecule has 1 unspecified atom stereocenters. The maximum Gasteiger partial charge on any atom is 0.511 e. The highest BCUT2D eigenvalue weighted by Gasteiger charge is 2.21. The average molecular weight is 359 g/mol. The van der Waals surface area contributed by atoms with Gasteiger partial charge in [-0.1, -0.05) is 11.6 Å². The average Bonchev–Trinajstić information content (AvgIpc) is 2.74. The zero-order valence-corrected chi connectivity index (χ0v) is 15.1. The van der Waals surface area contributed by atoms with E-state index in [2.05, 4.69) is 5.43 Å². The number of rotatable bonds is 6. The molecule has 8 nitrogen and oxygen atoms in total. The quantitative estimate of drug-likeness (QED) is 0.289. The zero-order chi connectivity index (χ0) is 18.4. The third kappa shape index (κ3) is 6.04. The second-order valence-corrected chi connectivity index (χ2v) is 5.78. The van der Waals surface area contributed by atoms with E-state index >= 15 is 0 Å². The van der Waals surface area contributed by atoms with Gasteiger partial charge in [-0.25, -0.2) is 4.79 Å². The van der Waals surface area contributed by atoms with Crippen molar-refractivity contribution in [3.8, 4) is 0 Å². The summed E-state index contributed by atoms with van der Waals surface area (Å²) in [4.78, 5) is 11.5. The van der Waals surface area contributed by atoms with E-state index in [0.29, 0.717) is 5.70 Å². The van der Waals surface area contributed by atoms with Crippen LogP contribution >= 0.6 is 11.6 Å². The van der Waals surface area contributed by atoms with Crippen LogP contribution in [0.4, 0.5) is 4.79 Å². The van der Waals surface area contributed by atoms with Crippen molar-refractivity contribution < 1.29 is 19.0 Å². The van der Waals surface area contributed by atoms with Gasteiger partial charge in [-0.05, 0) is 26.8 Å². The van der Waals surface area contributed by atoms with Crippen LogP contribution in [0.2, 0.25) is 0 Å². The smallest absolute Gasteiger partial charge is 0.453 e. The van der Waals surface area contributed by atoms with Gasteiger partial charge < -0.3 is 25.4 Å². The molecular weight excluding hydrogens is 336 g/mol. The normalized spacial score (nSPS) is 17.9. The van der Waals surface area contributed by atoms with Crippen molar-refractivity contribution in [1.29, 1.82) is 5.41 Å². The van der Waals surface area contributed by atoms with E-state index in [-0.39, 0.29) is 22.7 Å². The van der Waals surface area contributed by atoms with Crippen LogP contribution in [0.5, 0.6) is 0 Å². The summed E-state index contributed by atoms with van der Waals surface area (Å²) in [5.41, 5.74) is 10.9. The van der Waals surface area contributed by atoms with Crippen molar-refractivity contribution in [3.05, 3.63) is 35.0 Å². The van der Waals surface area contributed by atoms with E-state index < -0.39 is 12.4 Å². The lowest BCUT2D eigenvalue weighted by Gasteiger charge is -2.21. The van der Waals surface area contributed by atoms with Gasteiger partial charge >= 0.3 is 6.16 Å². The summed E-state index contributed by atoms with van der Waals surface area (Å²) >= 11 is 5.62. The molecule has 24 heavy (non-hydrogen) atoms. The molecule has 0 spiro atoms. The maximum absolute atomic E-state index is 11.5. The molecule has 0 amide bonds. The molecule has 1 aliphatic rings. The number of hydrazine groups is 1. The van der Waals surface area contributed by atoms with Gasteiger partial charge in [0.1, 0.15) is 10.9 Å². The number of hydrogen-bond donors (Lipinski definition) is 3. The van der Waals surface area contributed by atoms with Gasteiger partial charge in [-0.15, -0.1) is 0 Å². The first-order valence-electron chi connectivity index (χ1n) is 7.28. The summed E-state index contributed by atoms with van der Waals surface area (Å²) in [5, 5.41) is 8.83. The molecule has 0 aromatic heterocycles. The molecule has 0 aromatic rings. The molecule has 0 bridgehead atoms. The Balaban J connectivity index is 2.94. The third-order valence-electron chi connectivity index (χ3n) is 2.74. The van der Waals surface area contributed by atoms with Crippen LogP contribution in [0, 0.1) is 5.41 Å². The predicted molar refractivity (Wildman–Crippen MR) is 90.8 cm³/mol. The van der Waals surface area contributed by atoms with Crippen LogP contribution in [0.25, 0.3) is 0 Å². The van der Waals surface area contributed by atoms with Gasteiger partial charge in [0.2, 0.25) is 6.29 Å². The fourth-order valence-corrected chi connectivity index (χ4v) is 1.99. The van der Waals surface area contributed by atoms with Crippen LogP contribution in [-0.4, -0.2) is 35.8 Å². The SMILES string of the molecule is CC1=CC(=C(N)C(=CC(=N)Cl)OC(C)OC(=O)OC(C)C)N(C)N1. The Hall–Kier alpha value is -2.35. The first kappa shape index (κ1) is 19.7. The van der Waals surface area contributed by atoms with Gasteiger partial charge in [0.05, 0.1) is 11.8 Å². The van der Waals surface area contributed by atoms with E-state index in [1.165, 1.54) is 13.0 Å². The second-order valence-electron chi connectivity index (χ2n) is 5.37. The van der Waals surface area contributed by atoms with Crippen LogP contribution in [-0.2, 0) is 14.2 Å². The molecule has 1 atom stereocenters. The molecule has 1 heterocycles. The highest BCUT2D eigenvalue weighted by molar-refractivity contribution is 6.67. The number of nitrogens with two attached hydrogens (primary N) is 1. The molecule has 0 saturated carbocycles. The number of carbonyl (C=O) groups is 1. The van der Waals surface area contributed by atoms with Crippen molar-refractivity contribution in [2.45, 2.75) is 40.1 Å². The number of ether oxygens (including phenoxy) is 3. The Kier molecular flexibility index (Phi) is 6.97. The molecule has 0 aliphatic carbocycles. The minimum Gasteiger partial charge on any atom is -0.453 e. The molecule has 9 heteroatoms. The van der Waals surface area contributed by atoms with Gasteiger partial charge in [0.15, 0.2) is 5.76 Å². The van der Waals surface area contributed by atoms with Gasteiger partial charge in [0, 0.05) is 25.7 Å². The van der Waals surface area contributed by atoms with Crippen molar-refractivity contribution in [3.63, 3.8) is 0 Å². The number of nitrogens with zero attached hydrogens (tertiary/aromatic N) is 1. The van der Waals surface area contributed by atoms with E-state index in [0.717, 1.165) is 5.70 Å². The molecule has 0 aromatic carbocycles. The summed E-state index contributed by atoms with van der Waals surface area (Å²) < 4.78 is 15.4. The lowest BCUT2D eigenvalue weighted by atomic mass is 10.2. The Morgan fingerprint density at radius 1 is 1.38 bits per heavy atom. The lowest BCUT2D eigenvalue weighted by molar-refractivity contribution is -0.0884. The van der Waals surface area contributed by atoms with E-state index in [4.69, 9.17) is 37.0 Å². The zero-order valence-electron chi connectivity index (χ0n) is 14.3. The molecule has 4 N–H and O–H groups in total. The van der Waals surface area contributed by atoms with E-state index in [9.17, 15) is 4.79 Å². The highest BCUT2D eigenvalue weighted by atomic mass is 35.5. The number of allylic oxidation sites excluding steroid dienone is 3. The standard InChI is InChI=1S/C15H23ClN4O4/c1-8(2)22-15(21)24-10(4)23-12(7-13(16)17)14(18)11-6-9(3)19-20(11)5/h6-8,10,17,19H,18H2,1-5H3. The molecule has 1 rings (SSSR count). The number of nitrogens with one attached hydrogen (secondary N) is 2. The number of hydrogen-bond acceptors (Lipinski definition) is 8. The minimum absolute atomic E-state index is 0.106. The number of likely N-dealkylation sites (N-methyl/N-ethyl adjacent to an activating group) is 1. The van der Waals surface area contributed by atoms with Crippen molar-refractivity contribution >= 4 is 22.9 Å². The summed E-state index contributed by atoms with van der Waals surface area (Å²) in [5.74, 6) is 0.106. The van der Waals surface area contributed by atoms with Crippen molar-refractivity contribution in [1.82, 2.24) is 10.4 Å². The number of halogens is 1. The topological polar surface area (TPSA) is 110 Å². The van der Waals surface area contributed by atoms with E-state index in [1.54, 1.807) is 25.9 Å².